The summed E-state index contributed by atoms with van der Waals surface area (Å²) < 4.78 is 35.5. The first-order chi connectivity index (χ1) is 21.6. The van der Waals surface area contributed by atoms with Crippen LogP contribution in [0.1, 0.15) is 48.1 Å². The number of pyridine rings is 1. The molecule has 1 aliphatic heterocycles. The number of nitrogens with zero attached hydrogens (tertiary/aromatic N) is 6. The predicted molar refractivity (Wildman–Crippen MR) is 158 cm³/mol. The largest absolute Gasteiger partial charge is 0.476 e. The lowest BCUT2D eigenvalue weighted by Crippen LogP contribution is -2.21. The number of aromatic nitrogens is 6. The van der Waals surface area contributed by atoms with Crippen molar-refractivity contribution in [2.75, 3.05) is 5.32 Å². The fourth-order valence-electron chi connectivity index (χ4n) is 4.97. The Morgan fingerprint density at radius 3 is 2.73 bits per heavy atom. The molecule has 0 saturated heterocycles. The summed E-state index contributed by atoms with van der Waals surface area (Å²) in [4.78, 5) is 42.3. The summed E-state index contributed by atoms with van der Waals surface area (Å²) in [5.74, 6) is -2.01. The Labute approximate surface area is 257 Å². The highest BCUT2D eigenvalue weighted by Gasteiger charge is 2.24. The minimum Gasteiger partial charge on any atom is -0.476 e. The molecule has 0 unspecified atom stereocenters. The van der Waals surface area contributed by atoms with E-state index in [0.29, 0.717) is 50.6 Å². The first-order valence-electron chi connectivity index (χ1n) is 13.5. The molecule has 0 fully saturated rings. The van der Waals surface area contributed by atoms with Gasteiger partial charge in [-0.25, -0.2) is 14.2 Å². The van der Waals surface area contributed by atoms with Gasteiger partial charge < -0.3 is 14.8 Å². The van der Waals surface area contributed by atoms with E-state index in [-0.39, 0.29) is 34.3 Å². The van der Waals surface area contributed by atoms with Gasteiger partial charge in [-0.3, -0.25) is 14.6 Å². The number of aromatic carboxylic acids is 1. The van der Waals surface area contributed by atoms with Gasteiger partial charge in [-0.05, 0) is 43.2 Å². The molecule has 4 aromatic heterocycles. The molecule has 1 aliphatic rings. The molecule has 1 atom stereocenters. The van der Waals surface area contributed by atoms with E-state index in [1.54, 1.807) is 25.1 Å². The molecular weight excluding hydrogens is 612 g/mol. The molecule has 5 heterocycles. The van der Waals surface area contributed by atoms with Crippen LogP contribution in [0.15, 0.2) is 76.5 Å². The van der Waals surface area contributed by atoms with Gasteiger partial charge in [0, 0.05) is 39.9 Å². The summed E-state index contributed by atoms with van der Waals surface area (Å²) in [6, 6.07) is 8.97. The van der Waals surface area contributed by atoms with Crippen LogP contribution in [0.4, 0.5) is 14.5 Å². The highest BCUT2D eigenvalue weighted by molar-refractivity contribution is 6.31. The van der Waals surface area contributed by atoms with E-state index >= 15 is 0 Å². The predicted octanol–water partition coefficient (Wildman–Crippen LogP) is 5.69. The average Bonchev–Trinajstić information content (AvgIpc) is 3.67. The number of fused-ring (bicyclic) bond motifs is 4. The molecule has 0 spiro atoms. The number of hydrogen-bond donors (Lipinski definition) is 2. The van der Waals surface area contributed by atoms with Crippen molar-refractivity contribution >= 4 is 34.7 Å². The molecule has 0 radical (unpaired) electrons. The zero-order chi connectivity index (χ0) is 31.8. The second-order valence-electron chi connectivity index (χ2n) is 10.2. The van der Waals surface area contributed by atoms with E-state index in [0.717, 1.165) is 0 Å². The van der Waals surface area contributed by atoms with Crippen molar-refractivity contribution in [2.45, 2.75) is 26.3 Å². The summed E-state index contributed by atoms with van der Waals surface area (Å²) in [6.07, 6.45) is 7.58. The molecule has 12 nitrogen and oxygen atoms in total. The number of benzene rings is 1. The monoisotopic (exact) mass is 633 g/mol. The molecule has 1 aromatic carbocycles. The number of alkyl halides is 2. The third kappa shape index (κ3) is 5.74. The second-order valence-corrected chi connectivity index (χ2v) is 10.6. The molecule has 0 aliphatic carbocycles. The lowest BCUT2D eigenvalue weighted by Gasteiger charge is -2.16. The van der Waals surface area contributed by atoms with Gasteiger partial charge in [0.05, 0.1) is 40.7 Å². The van der Waals surface area contributed by atoms with Crippen molar-refractivity contribution < 1.29 is 27.9 Å². The number of carbonyl (C=O) groups is 2. The maximum Gasteiger partial charge on any atom is 0.358 e. The van der Waals surface area contributed by atoms with E-state index < -0.39 is 23.9 Å². The van der Waals surface area contributed by atoms with Crippen LogP contribution in [-0.4, -0.2) is 46.7 Å². The lowest BCUT2D eigenvalue weighted by atomic mass is 9.96. The summed E-state index contributed by atoms with van der Waals surface area (Å²) in [6.45, 7) is -1.27. The Morgan fingerprint density at radius 1 is 1.18 bits per heavy atom. The van der Waals surface area contributed by atoms with Gasteiger partial charge in [-0.1, -0.05) is 29.8 Å². The number of carboxylic acids is 1. The normalized spacial score (nSPS) is 16.2. The van der Waals surface area contributed by atoms with E-state index in [2.05, 4.69) is 25.7 Å². The highest BCUT2D eigenvalue weighted by atomic mass is 35.5. The first kappa shape index (κ1) is 29.6. The minimum absolute atomic E-state index is 0.0100. The first-order valence-corrected chi connectivity index (χ1v) is 13.9. The van der Waals surface area contributed by atoms with Gasteiger partial charge in [-0.15, -0.1) is 5.10 Å². The van der Waals surface area contributed by atoms with Crippen LogP contribution in [0, 0.1) is 5.92 Å². The Kier molecular flexibility index (Phi) is 7.81. The molecule has 0 saturated carbocycles. The number of carbonyl (C=O) groups excluding carboxylic acids is 1. The topological polar surface area (TPSA) is 158 Å². The lowest BCUT2D eigenvalue weighted by molar-refractivity contribution is -0.119. The Morgan fingerprint density at radius 2 is 2.00 bits per heavy atom. The standard InChI is InChI=1S/C30H22ClF2N7O5/c1-15-3-2-4-18(21-9-16(7-8-34-21)27-22(36-28(15)42)12-35-40(27)30(32)33)20-14-45-26(11-25(20)41)19-10-17(31)5-6-24(19)39-13-23(29(43)44)37-38-39/h4-15,30H,2-3H2,1H3,(H,36,42)(H,43,44)/b18-4-/t15-/m1/s1. The van der Waals surface area contributed by atoms with Gasteiger partial charge in [0.1, 0.15) is 12.0 Å². The molecule has 2 bridgehead atoms. The maximum absolute atomic E-state index is 13.9. The molecule has 5 aromatic rings. The van der Waals surface area contributed by atoms with Crippen LogP contribution >= 0.6 is 11.6 Å². The van der Waals surface area contributed by atoms with Crippen molar-refractivity contribution in [3.8, 4) is 28.3 Å². The van der Waals surface area contributed by atoms with Gasteiger partial charge >= 0.3 is 12.5 Å². The highest BCUT2D eigenvalue weighted by Crippen LogP contribution is 2.35. The zero-order valence-corrected chi connectivity index (χ0v) is 24.1. The molecule has 228 valence electrons. The average molecular weight is 634 g/mol. The zero-order valence-electron chi connectivity index (χ0n) is 23.3. The van der Waals surface area contributed by atoms with Gasteiger partial charge in [0.25, 0.3) is 0 Å². The Hall–Kier alpha value is -5.50. The smallest absolute Gasteiger partial charge is 0.358 e. The van der Waals surface area contributed by atoms with Crippen LogP contribution in [0.2, 0.25) is 5.02 Å². The summed E-state index contributed by atoms with van der Waals surface area (Å²) >= 11 is 6.25. The summed E-state index contributed by atoms with van der Waals surface area (Å²) in [5, 5.41) is 23.6. The van der Waals surface area contributed by atoms with Crippen LogP contribution in [0.3, 0.4) is 0 Å². The number of rotatable bonds is 5. The number of halogens is 3. The summed E-state index contributed by atoms with van der Waals surface area (Å²) in [7, 11) is 0. The molecule has 15 heteroatoms. The van der Waals surface area contributed by atoms with E-state index in [9.17, 15) is 28.3 Å². The van der Waals surface area contributed by atoms with E-state index in [1.165, 1.54) is 53.8 Å². The number of anilines is 1. The van der Waals surface area contributed by atoms with Crippen molar-refractivity contribution in [3.05, 3.63) is 99.5 Å². The number of nitrogens with one attached hydrogen (secondary N) is 1. The number of carboxylic acid groups (broad SMARTS) is 1. The van der Waals surface area contributed by atoms with Crippen LogP contribution in [0.25, 0.3) is 33.8 Å². The van der Waals surface area contributed by atoms with Crippen LogP contribution in [-0.2, 0) is 4.79 Å². The van der Waals surface area contributed by atoms with E-state index in [1.807, 2.05) is 0 Å². The van der Waals surface area contributed by atoms with Crippen LogP contribution < -0.4 is 10.7 Å². The van der Waals surface area contributed by atoms with Crippen molar-refractivity contribution in [3.63, 3.8) is 0 Å². The van der Waals surface area contributed by atoms with Gasteiger partial charge in [0.2, 0.25) is 5.91 Å². The summed E-state index contributed by atoms with van der Waals surface area (Å²) in [5.41, 5.74) is 1.19. The fourth-order valence-corrected chi connectivity index (χ4v) is 5.14. The van der Waals surface area contributed by atoms with Crippen LogP contribution in [0.5, 0.6) is 0 Å². The minimum atomic E-state index is -2.98. The third-order valence-electron chi connectivity index (χ3n) is 7.25. The molecule has 6 rings (SSSR count). The SMILES string of the molecule is C[C@@H]1CC/C=C(/c2coc(-c3cc(Cl)ccc3-n3cc(C(=O)O)nn3)cc2=O)c2cc(ccn2)-c2c(cnn2C(F)F)NC1=O. The quantitative estimate of drug-likeness (QED) is 0.248. The number of amides is 1. The fraction of sp³-hybridized carbons (Fsp3) is 0.167. The van der Waals surface area contributed by atoms with Gasteiger partial charge in [0.15, 0.2) is 11.1 Å². The Balaban J connectivity index is 1.46. The maximum atomic E-state index is 13.9. The van der Waals surface area contributed by atoms with Gasteiger partial charge in [-0.2, -0.15) is 13.9 Å². The molecule has 1 amide bonds. The van der Waals surface area contributed by atoms with Crippen molar-refractivity contribution in [1.29, 1.82) is 0 Å². The van der Waals surface area contributed by atoms with Crippen molar-refractivity contribution in [1.82, 2.24) is 29.8 Å². The third-order valence-corrected chi connectivity index (χ3v) is 7.48. The second kappa shape index (κ2) is 11.9. The number of hydrogen-bond acceptors (Lipinski definition) is 8. The molecule has 45 heavy (non-hydrogen) atoms. The number of allylic oxidation sites excluding steroid dienone is 1. The molecule has 2 N–H and O–H groups in total. The Bertz CT molecular complexity index is 2050. The van der Waals surface area contributed by atoms with Crippen molar-refractivity contribution in [2.24, 2.45) is 5.92 Å². The van der Waals surface area contributed by atoms with E-state index in [4.69, 9.17) is 16.0 Å². The molecular formula is C30H22ClF2N7O5.